The van der Waals surface area contributed by atoms with Crippen LogP contribution in [0.15, 0.2) is 22.7 Å². The SMILES string of the molecule is CC(C)(C)C1CCC(C(O)c2ccc(F)c(Br)c2)CC1. The van der Waals surface area contributed by atoms with E-state index < -0.39 is 6.10 Å². The van der Waals surface area contributed by atoms with Crippen LogP contribution in [-0.4, -0.2) is 5.11 Å². The maximum atomic E-state index is 13.3. The zero-order valence-corrected chi connectivity index (χ0v) is 14.1. The van der Waals surface area contributed by atoms with E-state index in [-0.39, 0.29) is 5.82 Å². The van der Waals surface area contributed by atoms with Crippen molar-refractivity contribution in [2.24, 2.45) is 17.3 Å². The van der Waals surface area contributed by atoms with Crippen molar-refractivity contribution < 1.29 is 9.50 Å². The van der Waals surface area contributed by atoms with Gasteiger partial charge in [-0.15, -0.1) is 0 Å². The first-order valence-electron chi connectivity index (χ1n) is 7.42. The Morgan fingerprint density at radius 2 is 1.80 bits per heavy atom. The van der Waals surface area contributed by atoms with Crippen molar-refractivity contribution in [1.82, 2.24) is 0 Å². The van der Waals surface area contributed by atoms with Crippen molar-refractivity contribution in [3.05, 3.63) is 34.1 Å². The first-order chi connectivity index (χ1) is 9.29. The third kappa shape index (κ3) is 3.62. The fourth-order valence-corrected chi connectivity index (χ4v) is 3.67. The molecule has 1 saturated carbocycles. The lowest BCUT2D eigenvalue weighted by atomic mass is 9.68. The predicted molar refractivity (Wildman–Crippen MR) is 84.0 cm³/mol. The van der Waals surface area contributed by atoms with Gasteiger partial charge in [0.05, 0.1) is 10.6 Å². The molecule has 1 N–H and O–H groups in total. The van der Waals surface area contributed by atoms with Gasteiger partial charge in [-0.3, -0.25) is 0 Å². The van der Waals surface area contributed by atoms with E-state index in [0.29, 0.717) is 15.8 Å². The highest BCUT2D eigenvalue weighted by molar-refractivity contribution is 9.10. The Balaban J connectivity index is 2.01. The summed E-state index contributed by atoms with van der Waals surface area (Å²) in [6.45, 7) is 6.89. The summed E-state index contributed by atoms with van der Waals surface area (Å²) in [6, 6.07) is 4.82. The Kier molecular flexibility index (Phi) is 4.91. The van der Waals surface area contributed by atoms with Gasteiger partial charge in [-0.05, 0) is 76.6 Å². The molecule has 0 heterocycles. The van der Waals surface area contributed by atoms with Crippen LogP contribution in [-0.2, 0) is 0 Å². The van der Waals surface area contributed by atoms with Crippen LogP contribution in [0.3, 0.4) is 0 Å². The Morgan fingerprint density at radius 1 is 1.20 bits per heavy atom. The van der Waals surface area contributed by atoms with Gasteiger partial charge in [0.25, 0.3) is 0 Å². The summed E-state index contributed by atoms with van der Waals surface area (Å²) in [6.07, 6.45) is 3.98. The van der Waals surface area contributed by atoms with Crippen LogP contribution in [0, 0.1) is 23.1 Å². The second-order valence-electron chi connectivity index (χ2n) is 7.10. The maximum absolute atomic E-state index is 13.3. The molecule has 1 fully saturated rings. The molecule has 0 aromatic heterocycles. The number of aliphatic hydroxyl groups is 1. The molecule has 1 aliphatic rings. The molecular formula is C17H24BrFO. The van der Waals surface area contributed by atoms with Crippen LogP contribution in [0.1, 0.15) is 58.1 Å². The van der Waals surface area contributed by atoms with Crippen molar-refractivity contribution in [2.45, 2.75) is 52.6 Å². The smallest absolute Gasteiger partial charge is 0.137 e. The van der Waals surface area contributed by atoms with Gasteiger partial charge in [0, 0.05) is 0 Å². The van der Waals surface area contributed by atoms with Crippen LogP contribution >= 0.6 is 15.9 Å². The molecule has 0 spiro atoms. The molecule has 1 unspecified atom stereocenters. The average molecular weight is 343 g/mol. The summed E-state index contributed by atoms with van der Waals surface area (Å²) in [4.78, 5) is 0. The van der Waals surface area contributed by atoms with Gasteiger partial charge in [-0.25, -0.2) is 4.39 Å². The van der Waals surface area contributed by atoms with Crippen molar-refractivity contribution in [3.63, 3.8) is 0 Å². The molecule has 1 aromatic carbocycles. The third-order valence-corrected chi connectivity index (χ3v) is 5.34. The van der Waals surface area contributed by atoms with E-state index in [1.54, 1.807) is 12.1 Å². The lowest BCUT2D eigenvalue weighted by molar-refractivity contribution is 0.0527. The maximum Gasteiger partial charge on any atom is 0.137 e. The molecule has 0 aliphatic heterocycles. The minimum atomic E-state index is -0.479. The molecular weight excluding hydrogens is 319 g/mol. The first-order valence-corrected chi connectivity index (χ1v) is 8.21. The van der Waals surface area contributed by atoms with E-state index in [2.05, 4.69) is 36.7 Å². The van der Waals surface area contributed by atoms with Gasteiger partial charge in [0.15, 0.2) is 0 Å². The van der Waals surface area contributed by atoms with E-state index in [1.807, 2.05) is 0 Å². The highest BCUT2D eigenvalue weighted by Gasteiger charge is 2.32. The molecule has 2 rings (SSSR count). The minimum Gasteiger partial charge on any atom is -0.388 e. The van der Waals surface area contributed by atoms with Crippen LogP contribution in [0.25, 0.3) is 0 Å². The Hall–Kier alpha value is -0.410. The summed E-state index contributed by atoms with van der Waals surface area (Å²) in [5.74, 6) is 0.759. The molecule has 1 atom stereocenters. The number of hydrogen-bond donors (Lipinski definition) is 1. The topological polar surface area (TPSA) is 20.2 Å². The largest absolute Gasteiger partial charge is 0.388 e. The second-order valence-corrected chi connectivity index (χ2v) is 7.95. The Morgan fingerprint density at radius 3 is 2.30 bits per heavy atom. The van der Waals surface area contributed by atoms with Gasteiger partial charge in [-0.2, -0.15) is 0 Å². The number of rotatable bonds is 2. The van der Waals surface area contributed by atoms with Gasteiger partial charge >= 0.3 is 0 Å². The second kappa shape index (κ2) is 6.15. The predicted octanol–water partition coefficient (Wildman–Crippen LogP) is 5.47. The summed E-state index contributed by atoms with van der Waals surface area (Å²) < 4.78 is 13.7. The number of halogens is 2. The minimum absolute atomic E-state index is 0.280. The normalized spacial score (nSPS) is 25.5. The fourth-order valence-electron chi connectivity index (χ4n) is 3.27. The van der Waals surface area contributed by atoms with Crippen LogP contribution in [0.2, 0.25) is 0 Å². The average Bonchev–Trinajstić information content (AvgIpc) is 2.40. The van der Waals surface area contributed by atoms with Crippen molar-refractivity contribution in [2.75, 3.05) is 0 Å². The summed E-state index contributed by atoms with van der Waals surface area (Å²) in [7, 11) is 0. The number of aliphatic hydroxyl groups excluding tert-OH is 1. The molecule has 20 heavy (non-hydrogen) atoms. The van der Waals surface area contributed by atoms with E-state index in [1.165, 1.54) is 18.9 Å². The highest BCUT2D eigenvalue weighted by Crippen LogP contribution is 2.43. The molecule has 1 aliphatic carbocycles. The van der Waals surface area contributed by atoms with Gasteiger partial charge in [0.1, 0.15) is 5.82 Å². The van der Waals surface area contributed by atoms with E-state index in [0.717, 1.165) is 24.3 Å². The Bertz CT molecular complexity index is 459. The molecule has 112 valence electrons. The van der Waals surface area contributed by atoms with Gasteiger partial charge in [-0.1, -0.05) is 26.8 Å². The summed E-state index contributed by atoms with van der Waals surface area (Å²) in [5.41, 5.74) is 1.17. The molecule has 0 amide bonds. The molecule has 1 nitrogen and oxygen atoms in total. The summed E-state index contributed by atoms with van der Waals surface area (Å²) >= 11 is 3.19. The summed E-state index contributed by atoms with van der Waals surface area (Å²) in [5, 5.41) is 10.5. The molecule has 3 heteroatoms. The zero-order valence-electron chi connectivity index (χ0n) is 12.5. The van der Waals surface area contributed by atoms with Crippen molar-refractivity contribution in [1.29, 1.82) is 0 Å². The van der Waals surface area contributed by atoms with E-state index in [9.17, 15) is 9.50 Å². The Labute approximate surface area is 129 Å². The highest BCUT2D eigenvalue weighted by atomic mass is 79.9. The molecule has 1 aromatic rings. The van der Waals surface area contributed by atoms with Crippen LogP contribution in [0.5, 0.6) is 0 Å². The molecule has 0 radical (unpaired) electrons. The molecule has 0 saturated heterocycles. The van der Waals surface area contributed by atoms with E-state index >= 15 is 0 Å². The zero-order chi connectivity index (χ0) is 14.9. The van der Waals surface area contributed by atoms with Crippen molar-refractivity contribution in [3.8, 4) is 0 Å². The fraction of sp³-hybridized carbons (Fsp3) is 0.647. The first kappa shape index (κ1) is 16.0. The monoisotopic (exact) mass is 342 g/mol. The van der Waals surface area contributed by atoms with E-state index in [4.69, 9.17) is 0 Å². The number of hydrogen-bond acceptors (Lipinski definition) is 1. The standard InChI is InChI=1S/C17H24BrFO/c1-17(2,3)13-7-4-11(5-8-13)16(20)12-6-9-15(19)14(18)10-12/h6,9-11,13,16,20H,4-5,7-8H2,1-3H3. The van der Waals surface area contributed by atoms with Crippen molar-refractivity contribution >= 4 is 15.9 Å². The van der Waals surface area contributed by atoms with Gasteiger partial charge in [0.2, 0.25) is 0 Å². The van der Waals surface area contributed by atoms with Crippen LogP contribution < -0.4 is 0 Å². The number of benzene rings is 1. The lowest BCUT2D eigenvalue weighted by Crippen LogP contribution is -2.28. The molecule has 0 bridgehead atoms. The third-order valence-electron chi connectivity index (χ3n) is 4.73. The van der Waals surface area contributed by atoms with Crippen LogP contribution in [0.4, 0.5) is 4.39 Å². The quantitative estimate of drug-likeness (QED) is 0.754. The lowest BCUT2D eigenvalue weighted by Gasteiger charge is -2.38. The van der Waals surface area contributed by atoms with Gasteiger partial charge < -0.3 is 5.11 Å².